The van der Waals surface area contributed by atoms with Gasteiger partial charge in [0.1, 0.15) is 0 Å². The van der Waals surface area contributed by atoms with E-state index >= 15 is 0 Å². The predicted molar refractivity (Wildman–Crippen MR) is 121 cm³/mol. The lowest BCUT2D eigenvalue weighted by molar-refractivity contribution is -0.138. The normalized spacial score (nSPS) is 34.7. The van der Waals surface area contributed by atoms with Crippen molar-refractivity contribution >= 4 is 34.0 Å². The van der Waals surface area contributed by atoms with E-state index in [1.165, 1.54) is 22.6 Å². The zero-order valence-corrected chi connectivity index (χ0v) is 18.8. The first-order chi connectivity index (χ1) is 14.5. The first-order valence-electron chi connectivity index (χ1n) is 11.2. The van der Waals surface area contributed by atoms with Gasteiger partial charge in [0.25, 0.3) is 0 Å². The van der Waals surface area contributed by atoms with Crippen molar-refractivity contribution in [2.24, 2.45) is 17.3 Å². The molecule has 0 radical (unpaired) electrons. The molecule has 2 atom stereocenters. The molecule has 1 aliphatic heterocycles. The molecule has 158 valence electrons. The summed E-state index contributed by atoms with van der Waals surface area (Å²) >= 11 is 8.60. The van der Waals surface area contributed by atoms with Crippen molar-refractivity contribution < 1.29 is 4.79 Å². The highest BCUT2D eigenvalue weighted by Gasteiger charge is 2.60. The molecule has 2 aromatic rings. The number of alkyl halides is 1. The number of hydrogen-bond acceptors (Lipinski definition) is 4. The molecule has 4 nitrogen and oxygen atoms in total. The molecule has 4 bridgehead atoms. The third-order valence-electron chi connectivity index (χ3n) is 7.75. The van der Waals surface area contributed by atoms with E-state index in [2.05, 4.69) is 40.5 Å². The number of benzene rings is 1. The molecule has 0 saturated heterocycles. The van der Waals surface area contributed by atoms with Crippen molar-refractivity contribution in [3.63, 3.8) is 0 Å². The molecule has 0 spiro atoms. The fourth-order valence-corrected chi connectivity index (χ4v) is 8.66. The number of hydrogen-bond donors (Lipinski definition) is 1. The van der Waals surface area contributed by atoms with Gasteiger partial charge >= 0.3 is 0 Å². The van der Waals surface area contributed by atoms with Crippen LogP contribution in [-0.2, 0) is 24.3 Å². The second-order valence-corrected chi connectivity index (χ2v) is 12.1. The standard InChI is InChI=1S/C24H28ClN3OS/c25-24-11-17-8-18(12-24)10-23(9-17,15-24)21(29)27-22-26-19-6-7-28(14-20(19)30-22)13-16-4-2-1-3-5-16/h1-5,17-18H,6-15H2,(H,26,27,29). The van der Waals surface area contributed by atoms with Crippen molar-refractivity contribution in [3.05, 3.63) is 46.5 Å². The Bertz CT molecular complexity index is 960. The van der Waals surface area contributed by atoms with Gasteiger partial charge in [-0.1, -0.05) is 30.3 Å². The van der Waals surface area contributed by atoms with Gasteiger partial charge in [-0.05, 0) is 55.9 Å². The van der Waals surface area contributed by atoms with E-state index in [4.69, 9.17) is 16.6 Å². The number of anilines is 1. The van der Waals surface area contributed by atoms with Crippen LogP contribution >= 0.6 is 22.9 Å². The smallest absolute Gasteiger partial charge is 0.232 e. The lowest BCUT2D eigenvalue weighted by Crippen LogP contribution is -2.57. The number of nitrogens with zero attached hydrogens (tertiary/aromatic N) is 2. The second kappa shape index (κ2) is 7.04. The monoisotopic (exact) mass is 441 g/mol. The van der Waals surface area contributed by atoms with Gasteiger partial charge in [-0.25, -0.2) is 4.98 Å². The number of amides is 1. The molecule has 4 aliphatic carbocycles. The van der Waals surface area contributed by atoms with E-state index in [9.17, 15) is 4.79 Å². The molecule has 1 aromatic heterocycles. The minimum Gasteiger partial charge on any atom is -0.301 e. The quantitative estimate of drug-likeness (QED) is 0.661. The molecule has 6 heteroatoms. The van der Waals surface area contributed by atoms with Crippen LogP contribution in [-0.4, -0.2) is 27.2 Å². The summed E-state index contributed by atoms with van der Waals surface area (Å²) < 4.78 is 0. The van der Waals surface area contributed by atoms with E-state index in [0.29, 0.717) is 11.8 Å². The number of fused-ring (bicyclic) bond motifs is 1. The predicted octanol–water partition coefficient (Wildman–Crippen LogP) is 5.22. The van der Waals surface area contributed by atoms with Gasteiger partial charge in [0.15, 0.2) is 5.13 Å². The fraction of sp³-hybridized carbons (Fsp3) is 0.583. The Kier molecular flexibility index (Phi) is 4.52. The number of carbonyl (C=O) groups is 1. The molecule has 1 aromatic carbocycles. The zero-order chi connectivity index (χ0) is 20.3. The van der Waals surface area contributed by atoms with Crippen molar-refractivity contribution in [1.29, 1.82) is 0 Å². The van der Waals surface area contributed by atoms with E-state index in [1.807, 2.05) is 0 Å². The molecular formula is C24H28ClN3OS. The fourth-order valence-electron chi connectivity index (χ4n) is 6.92. The maximum Gasteiger partial charge on any atom is 0.232 e. The lowest BCUT2D eigenvalue weighted by Gasteiger charge is -2.59. The summed E-state index contributed by atoms with van der Waals surface area (Å²) in [5, 5.41) is 4.01. The largest absolute Gasteiger partial charge is 0.301 e. The van der Waals surface area contributed by atoms with Crippen LogP contribution in [0.3, 0.4) is 0 Å². The third kappa shape index (κ3) is 3.39. The molecule has 2 unspecified atom stereocenters. The average molecular weight is 442 g/mol. The van der Waals surface area contributed by atoms with Gasteiger partial charge in [0.2, 0.25) is 5.91 Å². The van der Waals surface area contributed by atoms with Gasteiger partial charge in [0, 0.05) is 35.8 Å². The number of nitrogens with one attached hydrogen (secondary N) is 1. The van der Waals surface area contributed by atoms with Crippen LogP contribution in [0.25, 0.3) is 0 Å². The summed E-state index contributed by atoms with van der Waals surface area (Å²) in [5.74, 6) is 1.44. The molecule has 4 fully saturated rings. The maximum atomic E-state index is 13.4. The van der Waals surface area contributed by atoms with Crippen molar-refractivity contribution in [2.45, 2.75) is 62.9 Å². The zero-order valence-electron chi connectivity index (χ0n) is 17.2. The minimum absolute atomic E-state index is 0.137. The van der Waals surface area contributed by atoms with Gasteiger partial charge in [-0.2, -0.15) is 0 Å². The van der Waals surface area contributed by atoms with Gasteiger partial charge in [0.05, 0.1) is 11.1 Å². The Balaban J connectivity index is 1.16. The molecule has 4 saturated carbocycles. The highest BCUT2D eigenvalue weighted by atomic mass is 35.5. The van der Waals surface area contributed by atoms with E-state index < -0.39 is 0 Å². The van der Waals surface area contributed by atoms with Crippen LogP contribution in [0.4, 0.5) is 5.13 Å². The number of thiazole rings is 1. The highest BCUT2D eigenvalue weighted by Crippen LogP contribution is 2.64. The topological polar surface area (TPSA) is 45.2 Å². The first kappa shape index (κ1) is 19.3. The highest BCUT2D eigenvalue weighted by molar-refractivity contribution is 7.15. The molecule has 5 aliphatic rings. The third-order valence-corrected chi connectivity index (χ3v) is 9.19. The summed E-state index contributed by atoms with van der Waals surface area (Å²) in [6, 6.07) is 10.6. The Labute approximate surface area is 187 Å². The number of carbonyl (C=O) groups excluding carboxylic acids is 1. The summed E-state index contributed by atoms with van der Waals surface area (Å²) in [7, 11) is 0. The van der Waals surface area contributed by atoms with Gasteiger partial charge < -0.3 is 5.32 Å². The summed E-state index contributed by atoms with van der Waals surface area (Å²) in [5.41, 5.74) is 2.24. The second-order valence-electron chi connectivity index (χ2n) is 10.2. The average Bonchev–Trinajstić information content (AvgIpc) is 3.08. The number of rotatable bonds is 4. The number of halogens is 1. The van der Waals surface area contributed by atoms with Crippen molar-refractivity contribution in [1.82, 2.24) is 9.88 Å². The van der Waals surface area contributed by atoms with E-state index in [-0.39, 0.29) is 16.2 Å². The molecule has 30 heavy (non-hydrogen) atoms. The SMILES string of the molecule is O=C(Nc1nc2c(s1)CN(Cc1ccccc1)CC2)C12CC3CC(CC(Cl)(C3)C1)C2. The first-order valence-corrected chi connectivity index (χ1v) is 12.4. The Hall–Kier alpha value is -1.43. The summed E-state index contributed by atoms with van der Waals surface area (Å²) in [4.78, 5) is 21.8. The molecule has 1 N–H and O–H groups in total. The van der Waals surface area contributed by atoms with Gasteiger partial charge in [-0.15, -0.1) is 22.9 Å². The van der Waals surface area contributed by atoms with Crippen LogP contribution in [0.5, 0.6) is 0 Å². The molecule has 7 rings (SSSR count). The van der Waals surface area contributed by atoms with Crippen molar-refractivity contribution in [3.8, 4) is 0 Å². The maximum absolute atomic E-state index is 13.4. The molecule has 1 amide bonds. The van der Waals surface area contributed by atoms with E-state index in [0.717, 1.165) is 63.3 Å². The number of aromatic nitrogens is 1. The minimum atomic E-state index is -0.267. The Morgan fingerprint density at radius 1 is 1.20 bits per heavy atom. The van der Waals surface area contributed by atoms with Crippen LogP contribution < -0.4 is 5.32 Å². The van der Waals surface area contributed by atoms with Crippen LogP contribution in [0, 0.1) is 17.3 Å². The van der Waals surface area contributed by atoms with Crippen molar-refractivity contribution in [2.75, 3.05) is 11.9 Å². The lowest BCUT2D eigenvalue weighted by atomic mass is 9.49. The van der Waals surface area contributed by atoms with Crippen LogP contribution in [0.1, 0.15) is 54.7 Å². The molecular weight excluding hydrogens is 414 g/mol. The Morgan fingerprint density at radius 3 is 2.70 bits per heavy atom. The van der Waals surface area contributed by atoms with Gasteiger partial charge in [-0.3, -0.25) is 9.69 Å². The van der Waals surface area contributed by atoms with Crippen LogP contribution in [0.15, 0.2) is 30.3 Å². The summed E-state index contributed by atoms with van der Waals surface area (Å²) in [6.45, 7) is 2.89. The Morgan fingerprint density at radius 2 is 1.97 bits per heavy atom. The molecule has 2 heterocycles. The van der Waals surface area contributed by atoms with E-state index in [1.54, 1.807) is 11.3 Å². The van der Waals surface area contributed by atoms with Crippen LogP contribution in [0.2, 0.25) is 0 Å². The summed E-state index contributed by atoms with van der Waals surface area (Å²) in [6.07, 6.45) is 7.29.